The quantitative estimate of drug-likeness (QED) is 0.912. The maximum absolute atomic E-state index is 12.5. The van der Waals surface area contributed by atoms with E-state index >= 15 is 0 Å². The predicted octanol–water partition coefficient (Wildman–Crippen LogP) is 3.85. The minimum atomic E-state index is -4.38. The zero-order valence-electron chi connectivity index (χ0n) is 13.0. The van der Waals surface area contributed by atoms with Crippen LogP contribution in [-0.4, -0.2) is 17.7 Å². The van der Waals surface area contributed by atoms with Gasteiger partial charge in [-0.2, -0.15) is 13.2 Å². The zero-order valence-corrected chi connectivity index (χ0v) is 13.0. The van der Waals surface area contributed by atoms with Crippen molar-refractivity contribution in [2.75, 3.05) is 6.61 Å². The normalized spacial score (nSPS) is 16.5. The highest BCUT2D eigenvalue weighted by Gasteiger charge is 2.30. The second-order valence-electron chi connectivity index (χ2n) is 5.48. The van der Waals surface area contributed by atoms with Crippen molar-refractivity contribution < 1.29 is 27.4 Å². The lowest BCUT2D eigenvalue weighted by Crippen LogP contribution is -2.28. The van der Waals surface area contributed by atoms with E-state index in [1.165, 1.54) is 12.1 Å². The number of aromatic nitrogens is 1. The number of amides is 1. The molecule has 1 aliphatic heterocycles. The summed E-state index contributed by atoms with van der Waals surface area (Å²) in [6.45, 7) is 0.459. The number of pyridine rings is 1. The summed E-state index contributed by atoms with van der Waals surface area (Å²) in [7, 11) is 0. The Balaban J connectivity index is 1.55. The van der Waals surface area contributed by atoms with Crippen LogP contribution in [0.4, 0.5) is 18.0 Å². The van der Waals surface area contributed by atoms with E-state index < -0.39 is 23.9 Å². The Morgan fingerprint density at radius 3 is 2.76 bits per heavy atom. The van der Waals surface area contributed by atoms with Gasteiger partial charge in [0.2, 0.25) is 5.88 Å². The molecule has 0 bridgehead atoms. The summed E-state index contributed by atoms with van der Waals surface area (Å²) in [5.74, 6) is 0.439. The number of halogens is 3. The van der Waals surface area contributed by atoms with Gasteiger partial charge in [0.25, 0.3) is 0 Å². The third kappa shape index (κ3) is 4.20. The van der Waals surface area contributed by atoms with E-state index in [2.05, 4.69) is 10.3 Å². The van der Waals surface area contributed by atoms with Gasteiger partial charge in [-0.3, -0.25) is 0 Å². The van der Waals surface area contributed by atoms with E-state index in [0.29, 0.717) is 30.0 Å². The Kier molecular flexibility index (Phi) is 4.78. The van der Waals surface area contributed by atoms with Crippen LogP contribution in [-0.2, 0) is 17.5 Å². The number of alkyl carbamates (subject to hydrolysis) is 1. The molecule has 0 fully saturated rings. The molecule has 1 aliphatic rings. The number of hydrogen-bond donors (Lipinski definition) is 1. The van der Waals surface area contributed by atoms with Crippen LogP contribution in [0.15, 0.2) is 42.6 Å². The number of rotatable bonds is 3. The molecule has 1 atom stereocenters. The zero-order chi connectivity index (χ0) is 17.9. The Bertz CT molecular complexity index is 748. The van der Waals surface area contributed by atoms with Gasteiger partial charge in [-0.05, 0) is 29.8 Å². The first-order valence-corrected chi connectivity index (χ1v) is 7.62. The standard InChI is InChI=1S/C17H15F3N2O3/c18-17(19,20)12-5-3-11(4-6-12)10-22-16(23)25-14-7-9-24-15-13(14)2-1-8-21-15/h1-6,8,14H,7,9-10H2,(H,22,23). The molecule has 1 aromatic heterocycles. The predicted molar refractivity (Wildman–Crippen MR) is 81.9 cm³/mol. The van der Waals surface area contributed by atoms with Crippen molar-refractivity contribution in [3.8, 4) is 5.88 Å². The van der Waals surface area contributed by atoms with Crippen molar-refractivity contribution in [2.24, 2.45) is 0 Å². The number of nitrogens with zero attached hydrogens (tertiary/aromatic N) is 1. The van der Waals surface area contributed by atoms with Crippen molar-refractivity contribution >= 4 is 6.09 Å². The van der Waals surface area contributed by atoms with Gasteiger partial charge in [-0.25, -0.2) is 9.78 Å². The molecule has 5 nitrogen and oxygen atoms in total. The molecule has 0 spiro atoms. The van der Waals surface area contributed by atoms with Crippen LogP contribution >= 0.6 is 0 Å². The second-order valence-corrected chi connectivity index (χ2v) is 5.48. The van der Waals surface area contributed by atoms with E-state index in [1.807, 2.05) is 0 Å². The summed E-state index contributed by atoms with van der Waals surface area (Å²) in [5.41, 5.74) is 0.502. The SMILES string of the molecule is O=C(NCc1ccc(C(F)(F)F)cc1)OC1CCOc2ncccc21. The number of ether oxygens (including phenoxy) is 2. The van der Waals surface area contributed by atoms with Crippen LogP contribution in [0.25, 0.3) is 0 Å². The van der Waals surface area contributed by atoms with Gasteiger partial charge in [0, 0.05) is 19.2 Å². The highest BCUT2D eigenvalue weighted by atomic mass is 19.4. The molecule has 25 heavy (non-hydrogen) atoms. The second kappa shape index (κ2) is 7.00. The highest BCUT2D eigenvalue weighted by molar-refractivity contribution is 5.67. The summed E-state index contributed by atoms with van der Waals surface area (Å²) < 4.78 is 48.3. The Morgan fingerprint density at radius 1 is 1.28 bits per heavy atom. The molecule has 132 valence electrons. The molecule has 1 amide bonds. The monoisotopic (exact) mass is 352 g/mol. The molecule has 0 radical (unpaired) electrons. The average molecular weight is 352 g/mol. The van der Waals surface area contributed by atoms with Gasteiger partial charge in [0.15, 0.2) is 0 Å². The first kappa shape index (κ1) is 17.1. The molecule has 8 heteroatoms. The number of carbonyl (C=O) groups is 1. The van der Waals surface area contributed by atoms with Crippen LogP contribution in [0.5, 0.6) is 5.88 Å². The molecule has 0 saturated heterocycles. The van der Waals surface area contributed by atoms with Gasteiger partial charge < -0.3 is 14.8 Å². The Morgan fingerprint density at radius 2 is 2.04 bits per heavy atom. The fourth-order valence-corrected chi connectivity index (χ4v) is 2.47. The van der Waals surface area contributed by atoms with Crippen LogP contribution < -0.4 is 10.1 Å². The topological polar surface area (TPSA) is 60.5 Å². The van der Waals surface area contributed by atoms with Gasteiger partial charge in [0.05, 0.1) is 17.7 Å². The molecule has 1 N–H and O–H groups in total. The lowest BCUT2D eigenvalue weighted by Gasteiger charge is -2.24. The summed E-state index contributed by atoms with van der Waals surface area (Å²) in [4.78, 5) is 16.0. The van der Waals surface area contributed by atoms with Gasteiger partial charge in [-0.1, -0.05) is 12.1 Å². The van der Waals surface area contributed by atoms with Crippen LogP contribution in [0.2, 0.25) is 0 Å². The minimum absolute atomic E-state index is 0.0695. The molecule has 0 saturated carbocycles. The number of hydrogen-bond acceptors (Lipinski definition) is 4. The first-order valence-electron chi connectivity index (χ1n) is 7.62. The molecular weight excluding hydrogens is 337 g/mol. The molecule has 1 unspecified atom stereocenters. The van der Waals surface area contributed by atoms with Crippen LogP contribution in [0, 0.1) is 0 Å². The fraction of sp³-hybridized carbons (Fsp3) is 0.294. The number of nitrogens with one attached hydrogen (secondary N) is 1. The van der Waals surface area contributed by atoms with Gasteiger partial charge in [0.1, 0.15) is 6.10 Å². The van der Waals surface area contributed by atoms with Crippen molar-refractivity contribution in [2.45, 2.75) is 25.2 Å². The summed E-state index contributed by atoms with van der Waals surface area (Å²) >= 11 is 0. The van der Waals surface area contributed by atoms with E-state index in [0.717, 1.165) is 12.1 Å². The molecular formula is C17H15F3N2O3. The van der Waals surface area contributed by atoms with Crippen molar-refractivity contribution in [3.05, 3.63) is 59.3 Å². The molecule has 3 rings (SSSR count). The number of carbonyl (C=O) groups excluding carboxylic acids is 1. The lowest BCUT2D eigenvalue weighted by molar-refractivity contribution is -0.137. The third-order valence-electron chi connectivity index (χ3n) is 3.73. The minimum Gasteiger partial charge on any atom is -0.477 e. The van der Waals surface area contributed by atoms with E-state index in [-0.39, 0.29) is 6.54 Å². The Hall–Kier alpha value is -2.77. The Labute approximate surface area is 141 Å². The highest BCUT2D eigenvalue weighted by Crippen LogP contribution is 2.32. The van der Waals surface area contributed by atoms with Gasteiger partial charge >= 0.3 is 12.3 Å². The lowest BCUT2D eigenvalue weighted by atomic mass is 10.1. The first-order chi connectivity index (χ1) is 11.9. The molecule has 1 aromatic carbocycles. The van der Waals surface area contributed by atoms with Crippen molar-refractivity contribution in [1.29, 1.82) is 0 Å². The number of fused-ring (bicyclic) bond motifs is 1. The van der Waals surface area contributed by atoms with Crippen LogP contribution in [0.3, 0.4) is 0 Å². The van der Waals surface area contributed by atoms with E-state index in [1.54, 1.807) is 18.3 Å². The third-order valence-corrected chi connectivity index (χ3v) is 3.73. The summed E-state index contributed by atoms with van der Waals surface area (Å²) in [5, 5.41) is 2.53. The number of benzene rings is 1. The molecule has 0 aliphatic carbocycles. The average Bonchev–Trinajstić information content (AvgIpc) is 2.60. The van der Waals surface area contributed by atoms with Crippen LogP contribution in [0.1, 0.15) is 29.2 Å². The van der Waals surface area contributed by atoms with Crippen molar-refractivity contribution in [3.63, 3.8) is 0 Å². The fourth-order valence-electron chi connectivity index (χ4n) is 2.47. The maximum atomic E-state index is 12.5. The maximum Gasteiger partial charge on any atom is 0.416 e. The van der Waals surface area contributed by atoms with E-state index in [4.69, 9.17) is 9.47 Å². The van der Waals surface area contributed by atoms with Crippen molar-refractivity contribution in [1.82, 2.24) is 10.3 Å². The molecule has 2 aromatic rings. The smallest absolute Gasteiger partial charge is 0.416 e. The largest absolute Gasteiger partial charge is 0.477 e. The number of alkyl halides is 3. The van der Waals surface area contributed by atoms with Gasteiger partial charge in [-0.15, -0.1) is 0 Å². The summed E-state index contributed by atoms with van der Waals surface area (Å²) in [6.07, 6.45) is -3.40. The molecule has 2 heterocycles. The van der Waals surface area contributed by atoms with E-state index in [9.17, 15) is 18.0 Å². The summed E-state index contributed by atoms with van der Waals surface area (Å²) in [6, 6.07) is 8.08.